The van der Waals surface area contributed by atoms with Crippen molar-refractivity contribution in [1.82, 2.24) is 10.6 Å². The molecule has 0 aliphatic carbocycles. The van der Waals surface area contributed by atoms with Crippen molar-refractivity contribution in [3.8, 4) is 0 Å². The van der Waals surface area contributed by atoms with Gasteiger partial charge in [-0.15, -0.1) is 0 Å². The van der Waals surface area contributed by atoms with Gasteiger partial charge in [0.1, 0.15) is 17.2 Å². The van der Waals surface area contributed by atoms with Crippen LogP contribution in [-0.2, 0) is 6.54 Å². The average Bonchev–Trinajstić information content (AvgIpc) is 3.01. The van der Waals surface area contributed by atoms with E-state index in [1.807, 2.05) is 30.3 Å². The van der Waals surface area contributed by atoms with Gasteiger partial charge in [-0.25, -0.2) is 9.18 Å². The summed E-state index contributed by atoms with van der Waals surface area (Å²) in [4.78, 5) is 11.8. The number of benzene rings is 2. The van der Waals surface area contributed by atoms with Crippen LogP contribution in [0.3, 0.4) is 0 Å². The minimum absolute atomic E-state index is 0.0254. The van der Waals surface area contributed by atoms with Crippen LogP contribution in [0.15, 0.2) is 59.0 Å². The van der Waals surface area contributed by atoms with Crippen molar-refractivity contribution < 1.29 is 18.7 Å². The van der Waals surface area contributed by atoms with Gasteiger partial charge < -0.3 is 20.2 Å². The highest BCUT2D eigenvalue weighted by molar-refractivity contribution is 5.78. The number of aliphatic hydroxyl groups excluding tert-OH is 1. The Morgan fingerprint density at radius 1 is 1.12 bits per heavy atom. The summed E-state index contributed by atoms with van der Waals surface area (Å²) in [6, 6.07) is 14.5. The second-order valence-corrected chi connectivity index (χ2v) is 5.38. The molecule has 0 saturated heterocycles. The average molecular weight is 328 g/mol. The molecule has 1 aromatic heterocycles. The molecule has 0 bridgehead atoms. The first-order valence-electron chi connectivity index (χ1n) is 7.54. The molecule has 1 unspecified atom stereocenters. The summed E-state index contributed by atoms with van der Waals surface area (Å²) >= 11 is 0. The summed E-state index contributed by atoms with van der Waals surface area (Å²) in [5, 5.41) is 16.2. The maximum atomic E-state index is 12.8. The maximum Gasteiger partial charge on any atom is 0.315 e. The predicted molar refractivity (Wildman–Crippen MR) is 87.8 cm³/mol. The maximum absolute atomic E-state index is 12.8. The largest absolute Gasteiger partial charge is 0.459 e. The number of carbonyl (C=O) groups excluding carboxylic acids is 1. The Morgan fingerprint density at radius 2 is 1.88 bits per heavy atom. The van der Waals surface area contributed by atoms with E-state index in [4.69, 9.17) is 4.42 Å². The number of fused-ring (bicyclic) bond motifs is 1. The van der Waals surface area contributed by atoms with E-state index in [-0.39, 0.29) is 18.9 Å². The predicted octanol–water partition coefficient (Wildman–Crippen LogP) is 3.10. The number of aliphatic hydroxyl groups is 1. The van der Waals surface area contributed by atoms with Crippen LogP contribution in [-0.4, -0.2) is 17.7 Å². The highest BCUT2D eigenvalue weighted by Crippen LogP contribution is 2.18. The van der Waals surface area contributed by atoms with Crippen LogP contribution < -0.4 is 10.6 Å². The third-order valence-electron chi connectivity index (χ3n) is 3.61. The van der Waals surface area contributed by atoms with Crippen LogP contribution in [0.1, 0.15) is 17.4 Å². The Hall–Kier alpha value is -2.86. The first-order valence-corrected chi connectivity index (χ1v) is 7.54. The molecule has 2 amide bonds. The summed E-state index contributed by atoms with van der Waals surface area (Å²) in [7, 11) is 0. The second kappa shape index (κ2) is 7.14. The molecule has 1 heterocycles. The van der Waals surface area contributed by atoms with Crippen LogP contribution >= 0.6 is 0 Å². The van der Waals surface area contributed by atoms with Crippen molar-refractivity contribution in [2.45, 2.75) is 12.6 Å². The molecule has 3 rings (SSSR count). The van der Waals surface area contributed by atoms with Crippen LogP contribution in [0.4, 0.5) is 9.18 Å². The number of hydrogen-bond donors (Lipinski definition) is 3. The smallest absolute Gasteiger partial charge is 0.315 e. The Balaban J connectivity index is 1.47. The molecular formula is C18H17FN2O3. The standard InChI is InChI=1S/C18H17FN2O3/c19-14-7-5-12(6-8-14)16(22)11-21-18(23)20-10-15-9-13-3-1-2-4-17(13)24-15/h1-9,16,22H,10-11H2,(H2,20,21,23). The van der Waals surface area contributed by atoms with Crippen molar-refractivity contribution in [3.63, 3.8) is 0 Å². The van der Waals surface area contributed by atoms with Crippen molar-refractivity contribution in [1.29, 1.82) is 0 Å². The number of hydrogen-bond acceptors (Lipinski definition) is 3. The molecular weight excluding hydrogens is 311 g/mol. The Kier molecular flexibility index (Phi) is 4.77. The molecule has 124 valence electrons. The highest BCUT2D eigenvalue weighted by Gasteiger charge is 2.10. The molecule has 5 nitrogen and oxygen atoms in total. The van der Waals surface area contributed by atoms with E-state index >= 15 is 0 Å². The van der Waals surface area contributed by atoms with Gasteiger partial charge in [0.25, 0.3) is 0 Å². The van der Waals surface area contributed by atoms with Crippen molar-refractivity contribution >= 4 is 17.0 Å². The molecule has 2 aromatic carbocycles. The normalized spacial score (nSPS) is 12.1. The van der Waals surface area contributed by atoms with Gasteiger partial charge in [-0.3, -0.25) is 0 Å². The van der Waals surface area contributed by atoms with Gasteiger partial charge in [0.2, 0.25) is 0 Å². The fraction of sp³-hybridized carbons (Fsp3) is 0.167. The first-order chi connectivity index (χ1) is 11.6. The molecule has 3 aromatic rings. The number of amides is 2. The van der Waals surface area contributed by atoms with Crippen molar-refractivity contribution in [3.05, 3.63) is 71.7 Å². The van der Waals surface area contributed by atoms with Crippen molar-refractivity contribution in [2.24, 2.45) is 0 Å². The van der Waals surface area contributed by atoms with E-state index in [9.17, 15) is 14.3 Å². The Bertz CT molecular complexity index is 797. The van der Waals surface area contributed by atoms with Gasteiger partial charge in [-0.05, 0) is 29.8 Å². The summed E-state index contributed by atoms with van der Waals surface area (Å²) in [6.45, 7) is 0.269. The summed E-state index contributed by atoms with van der Waals surface area (Å²) in [5.74, 6) is 0.271. The van der Waals surface area contributed by atoms with E-state index < -0.39 is 12.1 Å². The van der Waals surface area contributed by atoms with E-state index in [0.29, 0.717) is 11.3 Å². The fourth-order valence-corrected chi connectivity index (χ4v) is 2.35. The van der Waals surface area contributed by atoms with E-state index in [0.717, 1.165) is 11.0 Å². The van der Waals surface area contributed by atoms with Gasteiger partial charge in [0.15, 0.2) is 0 Å². The number of nitrogens with one attached hydrogen (secondary N) is 2. The minimum atomic E-state index is -0.900. The molecule has 0 radical (unpaired) electrons. The van der Waals surface area contributed by atoms with Crippen LogP contribution in [0.2, 0.25) is 0 Å². The third kappa shape index (κ3) is 3.91. The highest BCUT2D eigenvalue weighted by atomic mass is 19.1. The van der Waals surface area contributed by atoms with Crippen LogP contribution in [0.25, 0.3) is 11.0 Å². The fourth-order valence-electron chi connectivity index (χ4n) is 2.35. The number of para-hydroxylation sites is 1. The van der Waals surface area contributed by atoms with E-state index in [1.165, 1.54) is 24.3 Å². The number of carbonyl (C=O) groups is 1. The number of rotatable bonds is 5. The summed E-state index contributed by atoms with van der Waals surface area (Å²) in [5.41, 5.74) is 1.30. The first kappa shape index (κ1) is 16.0. The number of furan rings is 1. The SMILES string of the molecule is O=C(NCc1cc2ccccc2o1)NCC(O)c1ccc(F)cc1. The third-order valence-corrected chi connectivity index (χ3v) is 3.61. The molecule has 0 fully saturated rings. The summed E-state index contributed by atoms with van der Waals surface area (Å²) in [6.07, 6.45) is -0.900. The molecule has 0 spiro atoms. The molecule has 1 atom stereocenters. The van der Waals surface area contributed by atoms with Gasteiger partial charge in [0.05, 0.1) is 12.6 Å². The van der Waals surface area contributed by atoms with Gasteiger partial charge in [-0.2, -0.15) is 0 Å². The monoisotopic (exact) mass is 328 g/mol. The van der Waals surface area contributed by atoms with Crippen LogP contribution in [0.5, 0.6) is 0 Å². The molecule has 3 N–H and O–H groups in total. The lowest BCUT2D eigenvalue weighted by molar-refractivity contribution is 0.173. The molecule has 24 heavy (non-hydrogen) atoms. The topological polar surface area (TPSA) is 74.5 Å². The van der Waals surface area contributed by atoms with Gasteiger partial charge in [-0.1, -0.05) is 30.3 Å². The summed E-state index contributed by atoms with van der Waals surface area (Å²) < 4.78 is 18.4. The number of halogens is 1. The van der Waals surface area contributed by atoms with E-state index in [2.05, 4.69) is 10.6 Å². The van der Waals surface area contributed by atoms with E-state index in [1.54, 1.807) is 0 Å². The quantitative estimate of drug-likeness (QED) is 0.674. The lowest BCUT2D eigenvalue weighted by Crippen LogP contribution is -2.37. The van der Waals surface area contributed by atoms with Gasteiger partial charge in [0, 0.05) is 11.9 Å². The lowest BCUT2D eigenvalue weighted by Gasteiger charge is -2.12. The van der Waals surface area contributed by atoms with Gasteiger partial charge >= 0.3 is 6.03 Å². The second-order valence-electron chi connectivity index (χ2n) is 5.38. The Labute approximate surface area is 138 Å². The lowest BCUT2D eigenvalue weighted by atomic mass is 10.1. The zero-order valence-electron chi connectivity index (χ0n) is 12.8. The Morgan fingerprint density at radius 3 is 2.62 bits per heavy atom. The van der Waals surface area contributed by atoms with Crippen LogP contribution in [0, 0.1) is 5.82 Å². The minimum Gasteiger partial charge on any atom is -0.459 e. The molecule has 6 heteroatoms. The van der Waals surface area contributed by atoms with Crippen molar-refractivity contribution in [2.75, 3.05) is 6.54 Å². The molecule has 0 aliphatic rings. The zero-order chi connectivity index (χ0) is 16.9. The molecule has 0 saturated carbocycles. The number of urea groups is 1. The zero-order valence-corrected chi connectivity index (χ0v) is 12.8. The molecule has 0 aliphatic heterocycles.